The van der Waals surface area contributed by atoms with Crippen LogP contribution < -0.4 is 15.0 Å². The average molecular weight is 356 g/mol. The van der Waals surface area contributed by atoms with E-state index in [1.807, 2.05) is 0 Å². The molecule has 0 aromatic heterocycles. The van der Waals surface area contributed by atoms with Crippen molar-refractivity contribution in [2.24, 2.45) is 0 Å². The van der Waals surface area contributed by atoms with Gasteiger partial charge in [-0.15, -0.1) is 0 Å². The molecule has 6 heteroatoms. The number of nitrogens with one attached hydrogen (secondary N) is 1. The summed E-state index contributed by atoms with van der Waals surface area (Å²) in [5.41, 5.74) is 1.40. The minimum atomic E-state index is -0.468. The van der Waals surface area contributed by atoms with E-state index < -0.39 is 11.7 Å². The van der Waals surface area contributed by atoms with E-state index in [0.717, 1.165) is 19.3 Å². The lowest BCUT2D eigenvalue weighted by molar-refractivity contribution is -0.121. The van der Waals surface area contributed by atoms with Gasteiger partial charge in [0.1, 0.15) is 11.6 Å². The number of nitrogens with zero attached hydrogens (tertiary/aromatic N) is 1. The zero-order valence-corrected chi connectivity index (χ0v) is 14.6. The summed E-state index contributed by atoms with van der Waals surface area (Å²) in [6, 6.07) is 10.6. The van der Waals surface area contributed by atoms with Gasteiger partial charge in [-0.25, -0.2) is 4.39 Å². The van der Waals surface area contributed by atoms with Crippen LogP contribution in [0.2, 0.25) is 0 Å². The number of fused-ring (bicyclic) bond motifs is 1. The van der Waals surface area contributed by atoms with Crippen LogP contribution in [0.1, 0.15) is 36.5 Å². The van der Waals surface area contributed by atoms with Crippen LogP contribution in [0.15, 0.2) is 42.5 Å². The molecule has 1 N–H and O–H groups in total. The van der Waals surface area contributed by atoms with Gasteiger partial charge in [-0.1, -0.05) is 25.8 Å². The van der Waals surface area contributed by atoms with E-state index in [1.165, 1.54) is 18.2 Å². The number of unbranched alkanes of at least 4 members (excludes halogenated alkanes) is 2. The topological polar surface area (TPSA) is 58.6 Å². The van der Waals surface area contributed by atoms with Crippen molar-refractivity contribution >= 4 is 23.2 Å². The molecule has 1 aliphatic heterocycles. The minimum absolute atomic E-state index is 0.0219. The van der Waals surface area contributed by atoms with Crippen molar-refractivity contribution in [1.82, 2.24) is 0 Å². The Kier molecular flexibility index (Phi) is 5.51. The summed E-state index contributed by atoms with van der Waals surface area (Å²) in [7, 11) is 0. The highest BCUT2D eigenvalue weighted by atomic mass is 19.1. The van der Waals surface area contributed by atoms with E-state index in [1.54, 1.807) is 29.2 Å². The summed E-state index contributed by atoms with van der Waals surface area (Å²) in [6.45, 7) is 2.74. The van der Waals surface area contributed by atoms with Crippen LogP contribution in [0.5, 0.6) is 5.75 Å². The number of amides is 2. The second kappa shape index (κ2) is 7.99. The minimum Gasteiger partial charge on any atom is -0.482 e. The van der Waals surface area contributed by atoms with Gasteiger partial charge in [-0.3, -0.25) is 9.59 Å². The zero-order chi connectivity index (χ0) is 18.5. The number of carbonyl (C=O) groups excluding carboxylic acids is 2. The second-order valence-corrected chi connectivity index (χ2v) is 6.19. The molecule has 136 valence electrons. The first-order valence-electron chi connectivity index (χ1n) is 8.72. The lowest BCUT2D eigenvalue weighted by Gasteiger charge is -2.29. The zero-order valence-electron chi connectivity index (χ0n) is 14.6. The molecule has 2 amide bonds. The van der Waals surface area contributed by atoms with Crippen LogP contribution in [-0.2, 0) is 4.79 Å². The van der Waals surface area contributed by atoms with Gasteiger partial charge in [0, 0.05) is 17.8 Å². The van der Waals surface area contributed by atoms with Crippen molar-refractivity contribution in [1.29, 1.82) is 0 Å². The van der Waals surface area contributed by atoms with Gasteiger partial charge in [0.05, 0.1) is 5.69 Å². The van der Waals surface area contributed by atoms with Crippen LogP contribution in [0.25, 0.3) is 0 Å². The molecule has 1 aliphatic rings. The number of rotatable bonds is 6. The molecule has 1 heterocycles. The number of halogens is 1. The SMILES string of the molecule is CCCCCN1C(=O)COc2ccc(NC(=O)c3cccc(F)c3)cc21. The summed E-state index contributed by atoms with van der Waals surface area (Å²) in [6.07, 6.45) is 3.01. The Morgan fingerprint density at radius 2 is 2.08 bits per heavy atom. The van der Waals surface area contributed by atoms with Crippen molar-refractivity contribution in [3.8, 4) is 5.75 Å². The average Bonchev–Trinajstić information content (AvgIpc) is 2.63. The molecule has 0 unspecified atom stereocenters. The highest BCUT2D eigenvalue weighted by Gasteiger charge is 2.25. The molecule has 5 nitrogen and oxygen atoms in total. The largest absolute Gasteiger partial charge is 0.482 e. The van der Waals surface area contributed by atoms with Crippen LogP contribution in [0.4, 0.5) is 15.8 Å². The quantitative estimate of drug-likeness (QED) is 0.796. The van der Waals surface area contributed by atoms with Gasteiger partial charge >= 0.3 is 0 Å². The van der Waals surface area contributed by atoms with Crippen LogP contribution in [0.3, 0.4) is 0 Å². The van der Waals surface area contributed by atoms with Crippen LogP contribution in [-0.4, -0.2) is 25.0 Å². The third-order valence-corrected chi connectivity index (χ3v) is 4.23. The Labute approximate surface area is 151 Å². The van der Waals surface area contributed by atoms with Crippen molar-refractivity contribution in [3.63, 3.8) is 0 Å². The highest BCUT2D eigenvalue weighted by molar-refractivity contribution is 6.05. The highest BCUT2D eigenvalue weighted by Crippen LogP contribution is 2.35. The summed E-state index contributed by atoms with van der Waals surface area (Å²) >= 11 is 0. The predicted octanol–water partition coefficient (Wildman–Crippen LogP) is 3.99. The van der Waals surface area contributed by atoms with Crippen LogP contribution in [0, 0.1) is 5.82 Å². The fourth-order valence-electron chi connectivity index (χ4n) is 2.88. The van der Waals surface area contributed by atoms with Crippen molar-refractivity contribution in [2.75, 3.05) is 23.4 Å². The molecule has 0 bridgehead atoms. The van der Waals surface area contributed by atoms with Crippen molar-refractivity contribution in [2.45, 2.75) is 26.2 Å². The van der Waals surface area contributed by atoms with E-state index in [9.17, 15) is 14.0 Å². The summed E-state index contributed by atoms with van der Waals surface area (Å²) < 4.78 is 18.8. The Balaban J connectivity index is 1.80. The predicted molar refractivity (Wildman–Crippen MR) is 98.2 cm³/mol. The molecule has 2 aromatic rings. The van der Waals surface area contributed by atoms with Crippen LogP contribution >= 0.6 is 0 Å². The fourth-order valence-corrected chi connectivity index (χ4v) is 2.88. The lowest BCUT2D eigenvalue weighted by atomic mass is 10.1. The van der Waals surface area contributed by atoms with E-state index in [-0.39, 0.29) is 18.1 Å². The van der Waals surface area contributed by atoms with E-state index in [4.69, 9.17) is 4.74 Å². The normalized spacial score (nSPS) is 13.2. The number of hydrogen-bond donors (Lipinski definition) is 1. The Bertz CT molecular complexity index is 822. The Hall–Kier alpha value is -2.89. The summed E-state index contributed by atoms with van der Waals surface area (Å²) in [5.74, 6) is -0.360. The third-order valence-electron chi connectivity index (χ3n) is 4.23. The first-order chi connectivity index (χ1) is 12.6. The van der Waals surface area contributed by atoms with Crippen molar-refractivity contribution < 1.29 is 18.7 Å². The first kappa shape index (κ1) is 17.9. The van der Waals surface area contributed by atoms with Crippen molar-refractivity contribution in [3.05, 3.63) is 53.8 Å². The Morgan fingerprint density at radius 3 is 2.85 bits per heavy atom. The molecule has 0 aliphatic carbocycles. The molecule has 0 fully saturated rings. The summed E-state index contributed by atoms with van der Waals surface area (Å²) in [4.78, 5) is 26.2. The number of ether oxygens (including phenoxy) is 1. The lowest BCUT2D eigenvalue weighted by Crippen LogP contribution is -2.39. The molecule has 0 saturated heterocycles. The molecular weight excluding hydrogens is 335 g/mol. The molecular formula is C20H21FN2O3. The van der Waals surface area contributed by atoms with Gasteiger partial charge in [-0.2, -0.15) is 0 Å². The van der Waals surface area contributed by atoms with E-state index in [0.29, 0.717) is 23.7 Å². The number of benzene rings is 2. The van der Waals surface area contributed by atoms with Gasteiger partial charge in [0.15, 0.2) is 6.61 Å². The van der Waals surface area contributed by atoms with Gasteiger partial charge in [-0.05, 0) is 42.8 Å². The van der Waals surface area contributed by atoms with Gasteiger partial charge < -0.3 is 15.0 Å². The molecule has 26 heavy (non-hydrogen) atoms. The monoisotopic (exact) mass is 356 g/mol. The molecule has 0 atom stereocenters. The Morgan fingerprint density at radius 1 is 1.23 bits per heavy atom. The molecule has 0 radical (unpaired) electrons. The maximum absolute atomic E-state index is 13.3. The fraction of sp³-hybridized carbons (Fsp3) is 0.300. The molecule has 0 spiro atoms. The standard InChI is InChI=1S/C20H21FN2O3/c1-2-3-4-10-23-17-12-16(8-9-18(17)26-13-19(23)24)22-20(25)14-6-5-7-15(21)11-14/h5-9,11-12H,2-4,10,13H2,1H3,(H,22,25). The first-order valence-corrected chi connectivity index (χ1v) is 8.72. The van der Waals surface area contributed by atoms with Gasteiger partial charge in [0.2, 0.25) is 0 Å². The van der Waals surface area contributed by atoms with E-state index >= 15 is 0 Å². The molecule has 2 aromatic carbocycles. The van der Waals surface area contributed by atoms with Gasteiger partial charge in [0.25, 0.3) is 11.8 Å². The smallest absolute Gasteiger partial charge is 0.265 e. The maximum Gasteiger partial charge on any atom is 0.265 e. The van der Waals surface area contributed by atoms with E-state index in [2.05, 4.69) is 12.2 Å². The number of anilines is 2. The maximum atomic E-state index is 13.3. The molecule has 3 rings (SSSR count). The number of hydrogen-bond acceptors (Lipinski definition) is 3. The summed E-state index contributed by atoms with van der Waals surface area (Å²) in [5, 5.41) is 2.74. The number of carbonyl (C=O) groups is 2. The third kappa shape index (κ3) is 4.02. The second-order valence-electron chi connectivity index (χ2n) is 6.19. The molecule has 0 saturated carbocycles.